The van der Waals surface area contributed by atoms with Gasteiger partial charge in [-0.15, -0.1) is 0 Å². The highest BCUT2D eigenvalue weighted by molar-refractivity contribution is 8.00. The molecular weight excluding hydrogens is 211 g/mol. The van der Waals surface area contributed by atoms with Crippen molar-refractivity contribution in [2.24, 2.45) is 5.73 Å². The van der Waals surface area contributed by atoms with Gasteiger partial charge < -0.3 is 5.73 Å². The molecule has 0 bridgehead atoms. The van der Waals surface area contributed by atoms with Gasteiger partial charge in [0.15, 0.2) is 0 Å². The number of nitrogens with two attached hydrogens (primary N) is 1. The normalized spacial score (nSPS) is 11.7. The van der Waals surface area contributed by atoms with E-state index < -0.39 is 5.51 Å². The van der Waals surface area contributed by atoms with Crippen molar-refractivity contribution in [3.8, 4) is 0 Å². The van der Waals surface area contributed by atoms with Crippen molar-refractivity contribution in [3.05, 3.63) is 29.8 Å². The first kappa shape index (κ1) is 11.4. The molecule has 1 aromatic carbocycles. The Morgan fingerprint density at radius 1 is 1.21 bits per heavy atom. The molecule has 14 heavy (non-hydrogen) atoms. The smallest absolute Gasteiger partial charge is 0.330 e. The molecule has 0 fully saturated rings. The van der Waals surface area contributed by atoms with E-state index in [0.29, 0.717) is 18.5 Å². The van der Waals surface area contributed by atoms with Crippen LogP contribution in [0.3, 0.4) is 0 Å². The van der Waals surface area contributed by atoms with E-state index in [4.69, 9.17) is 5.73 Å². The van der Waals surface area contributed by atoms with Gasteiger partial charge in [0.25, 0.3) is 0 Å². The maximum absolute atomic E-state index is 12.1. The molecule has 78 valence electrons. The molecule has 0 unspecified atom stereocenters. The standard InChI is InChI=1S/C9H10F3NS/c10-9(11,12)14-8-4-2-1-3-7(8)5-6-13/h1-4H,5-6,13H2. The van der Waals surface area contributed by atoms with Gasteiger partial charge >= 0.3 is 5.51 Å². The molecule has 0 aromatic heterocycles. The summed E-state index contributed by atoms with van der Waals surface area (Å²) in [6.45, 7) is 0.357. The second-order valence-corrected chi connectivity index (χ2v) is 3.80. The molecule has 0 spiro atoms. The number of halogens is 3. The number of thioether (sulfide) groups is 1. The van der Waals surface area contributed by atoms with Gasteiger partial charge in [-0.1, -0.05) is 18.2 Å². The molecule has 0 aliphatic heterocycles. The van der Waals surface area contributed by atoms with Crippen LogP contribution in [-0.2, 0) is 6.42 Å². The molecule has 2 N–H and O–H groups in total. The number of hydrogen-bond donors (Lipinski definition) is 1. The van der Waals surface area contributed by atoms with Gasteiger partial charge in [0.1, 0.15) is 0 Å². The molecule has 1 nitrogen and oxygen atoms in total. The zero-order valence-electron chi connectivity index (χ0n) is 7.34. The van der Waals surface area contributed by atoms with Crippen molar-refractivity contribution in [1.29, 1.82) is 0 Å². The van der Waals surface area contributed by atoms with Gasteiger partial charge in [0.05, 0.1) is 0 Å². The monoisotopic (exact) mass is 221 g/mol. The van der Waals surface area contributed by atoms with Crippen LogP contribution in [-0.4, -0.2) is 12.1 Å². The molecule has 1 rings (SSSR count). The lowest BCUT2D eigenvalue weighted by atomic mass is 10.1. The molecule has 1 aromatic rings. The molecule has 0 atom stereocenters. The zero-order valence-corrected chi connectivity index (χ0v) is 8.16. The van der Waals surface area contributed by atoms with Crippen LogP contribution in [0, 0.1) is 0 Å². The van der Waals surface area contributed by atoms with Gasteiger partial charge in [0.2, 0.25) is 0 Å². The van der Waals surface area contributed by atoms with Crippen molar-refractivity contribution >= 4 is 11.8 Å². The van der Waals surface area contributed by atoms with Crippen LogP contribution < -0.4 is 5.73 Å². The summed E-state index contributed by atoms with van der Waals surface area (Å²) in [7, 11) is 0. The Morgan fingerprint density at radius 3 is 2.43 bits per heavy atom. The SMILES string of the molecule is NCCc1ccccc1SC(F)(F)F. The molecule has 0 aliphatic carbocycles. The van der Waals surface area contributed by atoms with E-state index in [9.17, 15) is 13.2 Å². The number of alkyl halides is 3. The summed E-state index contributed by atoms with van der Waals surface area (Å²) in [4.78, 5) is 0.241. The Bertz CT molecular complexity index is 298. The van der Waals surface area contributed by atoms with Crippen LogP contribution in [0.1, 0.15) is 5.56 Å². The Hall–Kier alpha value is -0.680. The van der Waals surface area contributed by atoms with Crippen molar-refractivity contribution in [3.63, 3.8) is 0 Å². The third-order valence-electron chi connectivity index (χ3n) is 1.61. The van der Waals surface area contributed by atoms with Crippen LogP contribution in [0.15, 0.2) is 29.2 Å². The number of hydrogen-bond acceptors (Lipinski definition) is 2. The molecule has 0 radical (unpaired) electrons. The molecule has 0 aliphatic rings. The Kier molecular flexibility index (Phi) is 3.83. The number of rotatable bonds is 3. The van der Waals surface area contributed by atoms with Crippen LogP contribution in [0.5, 0.6) is 0 Å². The summed E-state index contributed by atoms with van der Waals surface area (Å²) in [5.74, 6) is 0. The topological polar surface area (TPSA) is 26.0 Å². The first-order chi connectivity index (χ1) is 6.53. The highest BCUT2D eigenvalue weighted by Gasteiger charge is 2.29. The lowest BCUT2D eigenvalue weighted by molar-refractivity contribution is -0.0328. The van der Waals surface area contributed by atoms with E-state index >= 15 is 0 Å². The summed E-state index contributed by atoms with van der Waals surface area (Å²) >= 11 is -0.0882. The van der Waals surface area contributed by atoms with Gasteiger partial charge in [0, 0.05) is 4.90 Å². The number of benzene rings is 1. The average Bonchev–Trinajstić information content (AvgIpc) is 2.06. The third kappa shape index (κ3) is 3.59. The molecule has 0 saturated heterocycles. The van der Waals surface area contributed by atoms with E-state index in [-0.39, 0.29) is 16.7 Å². The maximum Gasteiger partial charge on any atom is 0.446 e. The van der Waals surface area contributed by atoms with Crippen LogP contribution in [0.25, 0.3) is 0 Å². The predicted molar refractivity (Wildman–Crippen MR) is 51.1 cm³/mol. The van der Waals surface area contributed by atoms with Crippen LogP contribution in [0.2, 0.25) is 0 Å². The van der Waals surface area contributed by atoms with E-state index in [1.165, 1.54) is 6.07 Å². The van der Waals surface area contributed by atoms with Crippen molar-refractivity contribution in [2.45, 2.75) is 16.8 Å². The fourth-order valence-electron chi connectivity index (χ4n) is 1.09. The minimum absolute atomic E-state index is 0.0882. The summed E-state index contributed by atoms with van der Waals surface area (Å²) in [5, 5.41) is 0. The highest BCUT2D eigenvalue weighted by atomic mass is 32.2. The summed E-state index contributed by atoms with van der Waals surface area (Å²) < 4.78 is 36.3. The Balaban J connectivity index is 2.84. The zero-order chi connectivity index (χ0) is 10.6. The first-order valence-corrected chi connectivity index (χ1v) is 4.88. The van der Waals surface area contributed by atoms with Crippen molar-refractivity contribution < 1.29 is 13.2 Å². The predicted octanol–water partition coefficient (Wildman–Crippen LogP) is 2.80. The van der Waals surface area contributed by atoms with Gasteiger partial charge in [-0.05, 0) is 36.4 Å². The molecule has 0 heterocycles. The van der Waals surface area contributed by atoms with Crippen LogP contribution in [0.4, 0.5) is 13.2 Å². The van der Waals surface area contributed by atoms with E-state index in [2.05, 4.69) is 0 Å². The average molecular weight is 221 g/mol. The minimum atomic E-state index is -4.23. The lowest BCUT2D eigenvalue weighted by Crippen LogP contribution is -2.06. The summed E-state index contributed by atoms with van der Waals surface area (Å²) in [5.41, 5.74) is 1.72. The van der Waals surface area contributed by atoms with Gasteiger partial charge in [-0.2, -0.15) is 13.2 Å². The molecular formula is C9H10F3NS. The second kappa shape index (κ2) is 4.70. The highest BCUT2D eigenvalue weighted by Crippen LogP contribution is 2.38. The van der Waals surface area contributed by atoms with E-state index in [0.717, 1.165) is 0 Å². The maximum atomic E-state index is 12.1. The van der Waals surface area contributed by atoms with Crippen molar-refractivity contribution in [2.75, 3.05) is 6.54 Å². The molecule has 0 saturated carbocycles. The second-order valence-electron chi connectivity index (χ2n) is 2.69. The Morgan fingerprint density at radius 2 is 1.86 bits per heavy atom. The Labute approximate surface area is 84.5 Å². The van der Waals surface area contributed by atoms with Crippen molar-refractivity contribution in [1.82, 2.24) is 0 Å². The first-order valence-electron chi connectivity index (χ1n) is 4.06. The third-order valence-corrected chi connectivity index (χ3v) is 2.46. The fraction of sp³-hybridized carbons (Fsp3) is 0.333. The van der Waals surface area contributed by atoms with E-state index in [1.807, 2.05) is 0 Å². The minimum Gasteiger partial charge on any atom is -0.330 e. The summed E-state index contributed by atoms with van der Waals surface area (Å²) in [6, 6.07) is 6.43. The lowest BCUT2D eigenvalue weighted by Gasteiger charge is -2.09. The van der Waals surface area contributed by atoms with Gasteiger partial charge in [-0.3, -0.25) is 0 Å². The fourth-order valence-corrected chi connectivity index (χ4v) is 1.79. The summed E-state index contributed by atoms with van der Waals surface area (Å²) in [6.07, 6.45) is 0.471. The molecule has 0 amide bonds. The largest absolute Gasteiger partial charge is 0.446 e. The quantitative estimate of drug-likeness (QED) is 0.794. The van der Waals surface area contributed by atoms with Gasteiger partial charge in [-0.25, -0.2) is 0 Å². The van der Waals surface area contributed by atoms with Crippen LogP contribution >= 0.6 is 11.8 Å². The molecule has 5 heteroatoms. The van der Waals surface area contributed by atoms with E-state index in [1.54, 1.807) is 18.2 Å².